The van der Waals surface area contributed by atoms with Gasteiger partial charge in [0.15, 0.2) is 5.13 Å². The van der Waals surface area contributed by atoms with Gasteiger partial charge in [0.1, 0.15) is 5.82 Å². The molecule has 1 aromatic carbocycles. The quantitative estimate of drug-likeness (QED) is 0.883. The number of nitrogens with two attached hydrogens (primary N) is 1. The number of primary amides is 1. The molecule has 1 saturated carbocycles. The summed E-state index contributed by atoms with van der Waals surface area (Å²) < 4.78 is 13.0. The third kappa shape index (κ3) is 2.85. The highest BCUT2D eigenvalue weighted by Gasteiger charge is 2.51. The number of hydrogen-bond donors (Lipinski definition) is 2. The van der Waals surface area contributed by atoms with Crippen LogP contribution < -0.4 is 11.1 Å². The molecule has 0 aliphatic heterocycles. The molecule has 0 radical (unpaired) electrons. The highest BCUT2D eigenvalue weighted by Crippen LogP contribution is 2.49. The Kier molecular flexibility index (Phi) is 3.66. The first-order chi connectivity index (χ1) is 10.5. The summed E-state index contributed by atoms with van der Waals surface area (Å²) in [5.41, 5.74) is 5.86. The van der Waals surface area contributed by atoms with Gasteiger partial charge in [0.25, 0.3) is 0 Å². The molecule has 114 valence electrons. The lowest BCUT2D eigenvalue weighted by Crippen LogP contribution is -2.27. The van der Waals surface area contributed by atoms with Gasteiger partial charge in [-0.2, -0.15) is 0 Å². The average molecular weight is 319 g/mol. The highest BCUT2D eigenvalue weighted by atomic mass is 32.1. The van der Waals surface area contributed by atoms with Gasteiger partial charge in [-0.25, -0.2) is 9.37 Å². The molecule has 3 rings (SSSR count). The van der Waals surface area contributed by atoms with E-state index >= 15 is 0 Å². The standard InChI is InChI=1S/C15H14FN3O2S/c16-10-3-1-9(2-4-10)15(5-6-15)13(21)19-14-18-11(8-22-14)7-12(17)20/h1-4,8H,5-7H2,(H2,17,20)(H,18,19,21). The second kappa shape index (κ2) is 5.49. The van der Waals surface area contributed by atoms with Crippen molar-refractivity contribution in [3.63, 3.8) is 0 Å². The summed E-state index contributed by atoms with van der Waals surface area (Å²) >= 11 is 1.25. The molecule has 2 aromatic rings. The first-order valence-corrected chi connectivity index (χ1v) is 7.68. The summed E-state index contributed by atoms with van der Waals surface area (Å²) in [4.78, 5) is 27.5. The Labute approximate surface area is 130 Å². The molecular weight excluding hydrogens is 305 g/mol. The van der Waals surface area contributed by atoms with Crippen LogP contribution in [0.3, 0.4) is 0 Å². The van der Waals surface area contributed by atoms with Crippen LogP contribution in [-0.2, 0) is 21.4 Å². The molecule has 1 aromatic heterocycles. The lowest BCUT2D eigenvalue weighted by atomic mass is 9.95. The average Bonchev–Trinajstić information content (AvgIpc) is 3.17. The third-order valence-electron chi connectivity index (χ3n) is 3.71. The first kappa shape index (κ1) is 14.6. The molecule has 3 N–H and O–H groups in total. The number of amides is 2. The number of aromatic nitrogens is 1. The topological polar surface area (TPSA) is 85.1 Å². The molecule has 2 amide bonds. The highest BCUT2D eigenvalue weighted by molar-refractivity contribution is 7.14. The second-order valence-corrected chi connectivity index (χ2v) is 6.19. The molecule has 7 heteroatoms. The van der Waals surface area contributed by atoms with E-state index in [-0.39, 0.29) is 18.1 Å². The minimum atomic E-state index is -0.594. The normalized spacial score (nSPS) is 15.3. The molecule has 1 aliphatic carbocycles. The van der Waals surface area contributed by atoms with Crippen molar-refractivity contribution in [1.29, 1.82) is 0 Å². The molecule has 1 fully saturated rings. The van der Waals surface area contributed by atoms with Crippen molar-refractivity contribution >= 4 is 28.3 Å². The van der Waals surface area contributed by atoms with Crippen molar-refractivity contribution in [3.8, 4) is 0 Å². The predicted molar refractivity (Wildman–Crippen MR) is 81.0 cm³/mol. The van der Waals surface area contributed by atoms with E-state index in [0.717, 1.165) is 18.4 Å². The van der Waals surface area contributed by atoms with Gasteiger partial charge in [0.05, 0.1) is 17.5 Å². The minimum absolute atomic E-state index is 0.0511. The van der Waals surface area contributed by atoms with E-state index < -0.39 is 11.3 Å². The Bertz CT molecular complexity index is 723. The monoisotopic (exact) mass is 319 g/mol. The zero-order valence-corrected chi connectivity index (χ0v) is 12.5. The number of benzene rings is 1. The Morgan fingerprint density at radius 3 is 2.59 bits per heavy atom. The van der Waals surface area contributed by atoms with E-state index in [9.17, 15) is 14.0 Å². The van der Waals surface area contributed by atoms with E-state index in [1.807, 2.05) is 0 Å². The van der Waals surface area contributed by atoms with Gasteiger partial charge >= 0.3 is 0 Å². The summed E-state index contributed by atoms with van der Waals surface area (Å²) in [5.74, 6) is -0.941. The number of hydrogen-bond acceptors (Lipinski definition) is 4. The van der Waals surface area contributed by atoms with Crippen LogP contribution in [0.15, 0.2) is 29.6 Å². The van der Waals surface area contributed by atoms with Crippen LogP contribution in [0.25, 0.3) is 0 Å². The van der Waals surface area contributed by atoms with Crippen molar-refractivity contribution in [2.45, 2.75) is 24.7 Å². The molecule has 1 aliphatic rings. The van der Waals surface area contributed by atoms with Crippen molar-refractivity contribution < 1.29 is 14.0 Å². The number of nitrogens with zero attached hydrogens (tertiary/aromatic N) is 1. The van der Waals surface area contributed by atoms with Gasteiger partial charge in [0.2, 0.25) is 11.8 Å². The van der Waals surface area contributed by atoms with Crippen molar-refractivity contribution in [2.24, 2.45) is 5.73 Å². The number of carbonyl (C=O) groups excluding carboxylic acids is 2. The molecule has 1 heterocycles. The van der Waals surface area contributed by atoms with Crippen LogP contribution >= 0.6 is 11.3 Å². The number of carbonyl (C=O) groups is 2. The lowest BCUT2D eigenvalue weighted by molar-refractivity contribution is -0.118. The lowest BCUT2D eigenvalue weighted by Gasteiger charge is -2.14. The Morgan fingerprint density at radius 1 is 1.32 bits per heavy atom. The summed E-state index contributed by atoms with van der Waals surface area (Å²) in [6, 6.07) is 6.00. The number of rotatable bonds is 5. The minimum Gasteiger partial charge on any atom is -0.369 e. The summed E-state index contributed by atoms with van der Waals surface area (Å²) in [5, 5.41) is 4.91. The number of halogens is 1. The molecule has 0 bridgehead atoms. The third-order valence-corrected chi connectivity index (χ3v) is 4.52. The Balaban J connectivity index is 1.73. The molecule has 0 atom stereocenters. The van der Waals surface area contributed by atoms with Crippen molar-refractivity contribution in [2.75, 3.05) is 5.32 Å². The van der Waals surface area contributed by atoms with Gasteiger partial charge in [-0.15, -0.1) is 11.3 Å². The fourth-order valence-electron chi connectivity index (χ4n) is 2.38. The Hall–Kier alpha value is -2.28. The van der Waals surface area contributed by atoms with Gasteiger partial charge in [0, 0.05) is 5.38 Å². The van der Waals surface area contributed by atoms with Crippen LogP contribution in [0.1, 0.15) is 24.1 Å². The van der Waals surface area contributed by atoms with E-state index in [1.165, 1.54) is 23.5 Å². The fraction of sp³-hybridized carbons (Fsp3) is 0.267. The number of thiazole rings is 1. The SMILES string of the molecule is NC(=O)Cc1csc(NC(=O)C2(c3ccc(F)cc3)CC2)n1. The maximum absolute atomic E-state index is 13.0. The molecule has 5 nitrogen and oxygen atoms in total. The maximum Gasteiger partial charge on any atom is 0.236 e. The van der Waals surface area contributed by atoms with E-state index in [4.69, 9.17) is 5.73 Å². The van der Waals surface area contributed by atoms with Gasteiger partial charge in [-0.1, -0.05) is 12.1 Å². The summed E-state index contributed by atoms with van der Waals surface area (Å²) in [6.45, 7) is 0. The largest absolute Gasteiger partial charge is 0.369 e. The van der Waals surface area contributed by atoms with E-state index in [1.54, 1.807) is 17.5 Å². The molecular formula is C15H14FN3O2S. The van der Waals surface area contributed by atoms with Crippen LogP contribution in [0.4, 0.5) is 9.52 Å². The molecule has 0 saturated heterocycles. The maximum atomic E-state index is 13.0. The molecule has 22 heavy (non-hydrogen) atoms. The smallest absolute Gasteiger partial charge is 0.236 e. The van der Waals surface area contributed by atoms with Crippen LogP contribution in [-0.4, -0.2) is 16.8 Å². The zero-order chi connectivity index (χ0) is 15.7. The van der Waals surface area contributed by atoms with Gasteiger partial charge in [-0.3, -0.25) is 9.59 Å². The van der Waals surface area contributed by atoms with Crippen LogP contribution in [0.2, 0.25) is 0 Å². The molecule has 0 unspecified atom stereocenters. The van der Waals surface area contributed by atoms with Crippen molar-refractivity contribution in [1.82, 2.24) is 4.98 Å². The number of nitrogens with one attached hydrogen (secondary N) is 1. The number of anilines is 1. The second-order valence-electron chi connectivity index (χ2n) is 5.33. The summed E-state index contributed by atoms with van der Waals surface area (Å²) in [6.07, 6.45) is 1.50. The van der Waals surface area contributed by atoms with Crippen LogP contribution in [0.5, 0.6) is 0 Å². The van der Waals surface area contributed by atoms with Crippen LogP contribution in [0, 0.1) is 5.82 Å². The fourth-order valence-corrected chi connectivity index (χ4v) is 3.09. The van der Waals surface area contributed by atoms with Crippen molar-refractivity contribution in [3.05, 3.63) is 46.7 Å². The Morgan fingerprint density at radius 2 is 2.00 bits per heavy atom. The first-order valence-electron chi connectivity index (χ1n) is 6.80. The predicted octanol–water partition coefficient (Wildman–Crippen LogP) is 1.98. The van der Waals surface area contributed by atoms with Gasteiger partial charge < -0.3 is 11.1 Å². The van der Waals surface area contributed by atoms with E-state index in [0.29, 0.717) is 10.8 Å². The van der Waals surface area contributed by atoms with E-state index in [2.05, 4.69) is 10.3 Å². The molecule has 0 spiro atoms. The zero-order valence-electron chi connectivity index (χ0n) is 11.6. The summed E-state index contributed by atoms with van der Waals surface area (Å²) in [7, 11) is 0. The van der Waals surface area contributed by atoms with Gasteiger partial charge in [-0.05, 0) is 30.5 Å².